The van der Waals surface area contributed by atoms with Gasteiger partial charge in [-0.25, -0.2) is 0 Å². The molecule has 0 unspecified atom stereocenters. The van der Waals surface area contributed by atoms with Crippen LogP contribution in [0.25, 0.3) is 5.69 Å². The molecule has 0 amide bonds. The van der Waals surface area contributed by atoms with E-state index in [0.29, 0.717) is 12.3 Å². The molecule has 0 fully saturated rings. The number of hydrogen-bond donors (Lipinski definition) is 1. The minimum absolute atomic E-state index is 0.605. The molecule has 3 rings (SSSR count). The van der Waals surface area contributed by atoms with Crippen molar-refractivity contribution in [3.8, 4) is 17.2 Å². The summed E-state index contributed by atoms with van der Waals surface area (Å²) >= 11 is 0. The molecule has 3 aromatic rings. The molecule has 5 nitrogen and oxygen atoms in total. The zero-order valence-corrected chi connectivity index (χ0v) is 17.1. The molecule has 28 heavy (non-hydrogen) atoms. The molecule has 0 bridgehead atoms. The van der Waals surface area contributed by atoms with E-state index in [1.54, 1.807) is 14.2 Å². The largest absolute Gasteiger partial charge is 0.493 e. The van der Waals surface area contributed by atoms with Crippen molar-refractivity contribution >= 4 is 6.21 Å². The van der Waals surface area contributed by atoms with Gasteiger partial charge in [-0.05, 0) is 56.7 Å². The number of aryl methyl sites for hydroxylation is 2. The summed E-state index contributed by atoms with van der Waals surface area (Å²) in [5, 5.41) is 4.40. The molecule has 0 aliphatic heterocycles. The molecule has 5 heteroatoms. The fourth-order valence-electron chi connectivity index (χ4n) is 3.25. The Labute approximate surface area is 166 Å². The first-order valence-electron chi connectivity index (χ1n) is 9.26. The number of nitrogens with one attached hydrogen (secondary N) is 1. The summed E-state index contributed by atoms with van der Waals surface area (Å²) < 4.78 is 12.9. The van der Waals surface area contributed by atoms with Crippen molar-refractivity contribution in [2.24, 2.45) is 5.10 Å². The molecule has 146 valence electrons. The maximum absolute atomic E-state index is 5.34. The third-order valence-corrected chi connectivity index (χ3v) is 4.79. The number of rotatable bonds is 7. The lowest BCUT2D eigenvalue weighted by Gasteiger charge is -2.10. The van der Waals surface area contributed by atoms with E-state index in [0.717, 1.165) is 22.6 Å². The van der Waals surface area contributed by atoms with Crippen LogP contribution in [0.5, 0.6) is 11.5 Å². The number of methoxy groups -OCH3 is 2. The molecule has 0 spiro atoms. The SMILES string of the molecule is COc1ccc(CN/N=C/c2cc(C)n(-c3ccc(C)cc3)c2C)cc1OC. The predicted octanol–water partition coefficient (Wildman–Crippen LogP) is 4.54. The Bertz CT molecular complexity index is 972. The summed E-state index contributed by atoms with van der Waals surface area (Å²) in [5.41, 5.74) is 10.0. The Balaban J connectivity index is 1.70. The number of nitrogens with zero attached hydrogens (tertiary/aromatic N) is 2. The monoisotopic (exact) mass is 377 g/mol. The summed E-state index contributed by atoms with van der Waals surface area (Å²) in [6, 6.07) is 16.5. The minimum atomic E-state index is 0.605. The van der Waals surface area contributed by atoms with E-state index in [4.69, 9.17) is 9.47 Å². The molecule has 0 atom stereocenters. The van der Waals surface area contributed by atoms with E-state index < -0.39 is 0 Å². The van der Waals surface area contributed by atoms with Crippen molar-refractivity contribution in [1.29, 1.82) is 0 Å². The van der Waals surface area contributed by atoms with Crippen LogP contribution in [0.1, 0.15) is 28.1 Å². The molecule has 0 radical (unpaired) electrons. The highest BCUT2D eigenvalue weighted by Crippen LogP contribution is 2.27. The lowest BCUT2D eigenvalue weighted by atomic mass is 10.2. The summed E-state index contributed by atoms with van der Waals surface area (Å²) in [6.45, 7) is 6.93. The second-order valence-corrected chi connectivity index (χ2v) is 6.78. The van der Waals surface area contributed by atoms with E-state index in [9.17, 15) is 0 Å². The van der Waals surface area contributed by atoms with Crippen molar-refractivity contribution in [2.75, 3.05) is 14.2 Å². The van der Waals surface area contributed by atoms with Crippen LogP contribution in [0.2, 0.25) is 0 Å². The van der Waals surface area contributed by atoms with E-state index in [1.807, 2.05) is 24.4 Å². The minimum Gasteiger partial charge on any atom is -0.493 e. The van der Waals surface area contributed by atoms with Gasteiger partial charge in [-0.3, -0.25) is 0 Å². The quantitative estimate of drug-likeness (QED) is 0.486. The van der Waals surface area contributed by atoms with E-state index >= 15 is 0 Å². The first kappa shape index (κ1) is 19.5. The number of hydrazone groups is 1. The Hall–Kier alpha value is -3.21. The summed E-state index contributed by atoms with van der Waals surface area (Å²) in [7, 11) is 3.27. The predicted molar refractivity (Wildman–Crippen MR) is 114 cm³/mol. The van der Waals surface area contributed by atoms with Gasteiger partial charge < -0.3 is 19.5 Å². The highest BCUT2D eigenvalue weighted by Gasteiger charge is 2.09. The van der Waals surface area contributed by atoms with Gasteiger partial charge in [0.25, 0.3) is 0 Å². The maximum atomic E-state index is 5.34. The second-order valence-electron chi connectivity index (χ2n) is 6.78. The van der Waals surface area contributed by atoms with Gasteiger partial charge in [0, 0.05) is 22.6 Å². The topological polar surface area (TPSA) is 47.8 Å². The molecule has 1 heterocycles. The first-order valence-corrected chi connectivity index (χ1v) is 9.26. The van der Waals surface area contributed by atoms with Crippen molar-refractivity contribution in [3.63, 3.8) is 0 Å². The molecular formula is C23H27N3O2. The van der Waals surface area contributed by atoms with Crippen molar-refractivity contribution in [2.45, 2.75) is 27.3 Å². The van der Waals surface area contributed by atoms with Gasteiger partial charge in [-0.15, -0.1) is 0 Å². The van der Waals surface area contributed by atoms with Gasteiger partial charge in [0.15, 0.2) is 11.5 Å². The van der Waals surface area contributed by atoms with Crippen LogP contribution in [-0.2, 0) is 6.54 Å². The number of benzene rings is 2. The standard InChI is InChI=1S/C23H27N3O2/c1-16-6-9-21(10-7-16)26-17(2)12-20(18(26)3)15-25-24-14-19-8-11-22(27-4)23(13-19)28-5/h6-13,15,24H,14H2,1-5H3/b25-15+. The van der Waals surface area contributed by atoms with Crippen molar-refractivity contribution in [1.82, 2.24) is 9.99 Å². The Morgan fingerprint density at radius 3 is 2.32 bits per heavy atom. The van der Waals surface area contributed by atoms with E-state index in [1.165, 1.54) is 16.9 Å². The summed E-state index contributed by atoms with van der Waals surface area (Å²) in [6.07, 6.45) is 1.87. The van der Waals surface area contributed by atoms with Gasteiger partial charge in [-0.1, -0.05) is 23.8 Å². The lowest BCUT2D eigenvalue weighted by molar-refractivity contribution is 0.354. The van der Waals surface area contributed by atoms with E-state index in [2.05, 4.69) is 66.2 Å². The van der Waals surface area contributed by atoms with E-state index in [-0.39, 0.29) is 0 Å². The van der Waals surface area contributed by atoms with Crippen LogP contribution in [-0.4, -0.2) is 25.0 Å². The summed E-state index contributed by atoms with van der Waals surface area (Å²) in [4.78, 5) is 0. The Morgan fingerprint density at radius 2 is 1.64 bits per heavy atom. The molecule has 0 aliphatic rings. The van der Waals surface area contributed by atoms with Gasteiger partial charge in [0.1, 0.15) is 0 Å². The van der Waals surface area contributed by atoms with Crippen molar-refractivity contribution in [3.05, 3.63) is 76.6 Å². The van der Waals surface area contributed by atoms with Crippen LogP contribution in [0, 0.1) is 20.8 Å². The summed E-state index contributed by atoms with van der Waals surface area (Å²) in [5.74, 6) is 1.44. The third-order valence-electron chi connectivity index (χ3n) is 4.79. The van der Waals surface area contributed by atoms with Crippen molar-refractivity contribution < 1.29 is 9.47 Å². The highest BCUT2D eigenvalue weighted by molar-refractivity contribution is 5.82. The zero-order valence-electron chi connectivity index (χ0n) is 17.1. The third kappa shape index (κ3) is 4.19. The average molecular weight is 377 g/mol. The second kappa shape index (κ2) is 8.65. The van der Waals surface area contributed by atoms with Crippen LogP contribution in [0.15, 0.2) is 53.6 Å². The lowest BCUT2D eigenvalue weighted by Crippen LogP contribution is -2.06. The highest BCUT2D eigenvalue weighted by atomic mass is 16.5. The Morgan fingerprint density at radius 1 is 0.929 bits per heavy atom. The smallest absolute Gasteiger partial charge is 0.161 e. The Kier molecular flexibility index (Phi) is 6.04. The van der Waals surface area contributed by atoms with Crippen LogP contribution >= 0.6 is 0 Å². The molecule has 1 N–H and O–H groups in total. The van der Waals surface area contributed by atoms with Crippen LogP contribution in [0.3, 0.4) is 0 Å². The van der Waals surface area contributed by atoms with Crippen LogP contribution in [0.4, 0.5) is 0 Å². The normalized spacial score (nSPS) is 11.0. The number of ether oxygens (including phenoxy) is 2. The number of hydrogen-bond acceptors (Lipinski definition) is 4. The average Bonchev–Trinajstić information content (AvgIpc) is 2.99. The molecule has 2 aromatic carbocycles. The molecule has 0 aliphatic carbocycles. The van der Waals surface area contributed by atoms with Crippen LogP contribution < -0.4 is 14.9 Å². The molecular weight excluding hydrogens is 350 g/mol. The number of aromatic nitrogens is 1. The first-order chi connectivity index (χ1) is 13.5. The zero-order chi connectivity index (χ0) is 20.1. The molecule has 0 saturated heterocycles. The van der Waals surface area contributed by atoms with Gasteiger partial charge in [0.2, 0.25) is 0 Å². The van der Waals surface area contributed by atoms with Gasteiger partial charge >= 0.3 is 0 Å². The van der Waals surface area contributed by atoms with Gasteiger partial charge in [0.05, 0.1) is 27.0 Å². The maximum Gasteiger partial charge on any atom is 0.161 e. The fraction of sp³-hybridized carbons (Fsp3) is 0.261. The molecule has 1 aromatic heterocycles. The van der Waals surface area contributed by atoms with Gasteiger partial charge in [-0.2, -0.15) is 5.10 Å². The molecule has 0 saturated carbocycles. The fourth-order valence-corrected chi connectivity index (χ4v) is 3.25.